The Labute approximate surface area is 114 Å². The molecule has 1 aromatic heterocycles. The third-order valence-corrected chi connectivity index (χ3v) is 3.64. The second-order valence-electron chi connectivity index (χ2n) is 4.06. The Morgan fingerprint density at radius 1 is 1.21 bits per heavy atom. The second-order valence-corrected chi connectivity index (χ2v) is 5.34. The Morgan fingerprint density at radius 2 is 1.89 bits per heavy atom. The van der Waals surface area contributed by atoms with Crippen LogP contribution in [0.4, 0.5) is 4.39 Å². The van der Waals surface area contributed by atoms with Crippen LogP contribution in [0, 0.1) is 12.7 Å². The number of carbonyl (C=O) groups is 1. The first-order chi connectivity index (χ1) is 9.06. The smallest absolute Gasteiger partial charge is 0.267 e. The van der Waals surface area contributed by atoms with Gasteiger partial charge in [0.2, 0.25) is 0 Å². The molecule has 5 heteroatoms. The van der Waals surface area contributed by atoms with Crippen LogP contribution in [0.3, 0.4) is 0 Å². The highest BCUT2D eigenvalue weighted by Crippen LogP contribution is 2.15. The standard InChI is InChI=1S/C14H13FN2OS/c1-9-3-8-13(19-9)10(2)16-17-14(18)11-4-6-12(15)7-5-11/h3-8H,1-2H3,(H,17,18). The summed E-state index contributed by atoms with van der Waals surface area (Å²) in [5, 5.41) is 4.04. The van der Waals surface area contributed by atoms with Crippen molar-refractivity contribution < 1.29 is 9.18 Å². The largest absolute Gasteiger partial charge is 0.271 e. The molecular formula is C14H13FN2OS. The Kier molecular flexibility index (Phi) is 4.06. The molecular weight excluding hydrogens is 263 g/mol. The van der Waals surface area contributed by atoms with Crippen LogP contribution in [0.1, 0.15) is 27.0 Å². The number of halogens is 1. The quantitative estimate of drug-likeness (QED) is 0.678. The van der Waals surface area contributed by atoms with E-state index in [-0.39, 0.29) is 11.7 Å². The summed E-state index contributed by atoms with van der Waals surface area (Å²) in [5.41, 5.74) is 3.58. The van der Waals surface area contributed by atoms with E-state index >= 15 is 0 Å². The molecule has 0 saturated heterocycles. The molecule has 0 aliphatic heterocycles. The number of hydrogen-bond acceptors (Lipinski definition) is 3. The number of rotatable bonds is 3. The summed E-state index contributed by atoms with van der Waals surface area (Å²) >= 11 is 1.61. The molecule has 0 bridgehead atoms. The molecule has 0 aliphatic rings. The van der Waals surface area contributed by atoms with Gasteiger partial charge in [0.25, 0.3) is 5.91 Å². The lowest BCUT2D eigenvalue weighted by Crippen LogP contribution is -2.19. The van der Waals surface area contributed by atoms with Gasteiger partial charge in [0.05, 0.1) is 10.6 Å². The lowest BCUT2D eigenvalue weighted by molar-refractivity contribution is 0.0955. The molecule has 98 valence electrons. The number of hydrazone groups is 1. The monoisotopic (exact) mass is 276 g/mol. The van der Waals surface area contributed by atoms with Crippen molar-refractivity contribution in [1.29, 1.82) is 0 Å². The lowest BCUT2D eigenvalue weighted by atomic mass is 10.2. The van der Waals surface area contributed by atoms with Crippen LogP contribution in [0.25, 0.3) is 0 Å². The van der Waals surface area contributed by atoms with E-state index in [9.17, 15) is 9.18 Å². The van der Waals surface area contributed by atoms with Gasteiger partial charge in [-0.25, -0.2) is 9.82 Å². The number of thiophene rings is 1. The number of nitrogens with zero attached hydrogens (tertiary/aromatic N) is 1. The Morgan fingerprint density at radius 3 is 2.47 bits per heavy atom. The number of carbonyl (C=O) groups excluding carboxylic acids is 1. The van der Waals surface area contributed by atoms with E-state index in [0.717, 1.165) is 10.6 Å². The van der Waals surface area contributed by atoms with E-state index in [0.29, 0.717) is 5.56 Å². The van der Waals surface area contributed by atoms with Crippen molar-refractivity contribution in [3.8, 4) is 0 Å². The van der Waals surface area contributed by atoms with Crippen LogP contribution in [-0.2, 0) is 0 Å². The SMILES string of the molecule is CC(=NNC(=O)c1ccc(F)cc1)c1ccc(C)s1. The highest BCUT2D eigenvalue weighted by atomic mass is 32.1. The first-order valence-corrected chi connectivity index (χ1v) is 6.55. The summed E-state index contributed by atoms with van der Waals surface area (Å²) in [6, 6.07) is 9.29. The van der Waals surface area contributed by atoms with Crippen molar-refractivity contribution in [3.63, 3.8) is 0 Å². The van der Waals surface area contributed by atoms with Gasteiger partial charge in [-0.3, -0.25) is 4.79 Å². The minimum Gasteiger partial charge on any atom is -0.267 e. The highest BCUT2D eigenvalue weighted by Gasteiger charge is 2.05. The molecule has 2 rings (SSSR count). The van der Waals surface area contributed by atoms with E-state index in [1.54, 1.807) is 11.3 Å². The molecule has 1 aromatic carbocycles. The molecule has 0 aliphatic carbocycles. The third kappa shape index (κ3) is 3.48. The fourth-order valence-corrected chi connectivity index (χ4v) is 2.30. The third-order valence-electron chi connectivity index (χ3n) is 2.53. The minimum atomic E-state index is -0.370. The Hall–Kier alpha value is -2.01. The van der Waals surface area contributed by atoms with Crippen LogP contribution in [-0.4, -0.2) is 11.6 Å². The number of nitrogens with one attached hydrogen (secondary N) is 1. The summed E-state index contributed by atoms with van der Waals surface area (Å²) in [7, 11) is 0. The number of amides is 1. The Balaban J connectivity index is 2.05. The molecule has 2 aromatic rings. The van der Waals surface area contributed by atoms with E-state index in [4.69, 9.17) is 0 Å². The zero-order chi connectivity index (χ0) is 13.8. The van der Waals surface area contributed by atoms with E-state index < -0.39 is 0 Å². The molecule has 3 nitrogen and oxygen atoms in total. The first kappa shape index (κ1) is 13.4. The van der Waals surface area contributed by atoms with Gasteiger partial charge in [0.15, 0.2) is 0 Å². The zero-order valence-electron chi connectivity index (χ0n) is 10.6. The van der Waals surface area contributed by atoms with Gasteiger partial charge in [0.1, 0.15) is 5.82 Å². The summed E-state index contributed by atoms with van der Waals surface area (Å²) in [6.45, 7) is 3.84. The minimum absolute atomic E-state index is 0.354. The normalized spacial score (nSPS) is 11.4. The second kappa shape index (κ2) is 5.75. The number of hydrogen-bond donors (Lipinski definition) is 1. The number of benzene rings is 1. The summed E-state index contributed by atoms with van der Waals surface area (Å²) in [4.78, 5) is 14.0. The van der Waals surface area contributed by atoms with Gasteiger partial charge in [-0.15, -0.1) is 11.3 Å². The molecule has 0 saturated carbocycles. The Bertz CT molecular complexity index is 617. The topological polar surface area (TPSA) is 41.5 Å². The van der Waals surface area contributed by atoms with Gasteiger partial charge >= 0.3 is 0 Å². The van der Waals surface area contributed by atoms with Crippen molar-refractivity contribution >= 4 is 23.0 Å². The predicted octanol–water partition coefficient (Wildman–Crippen LogP) is 3.35. The van der Waals surface area contributed by atoms with Gasteiger partial charge in [-0.2, -0.15) is 5.10 Å². The fourth-order valence-electron chi connectivity index (χ4n) is 1.48. The van der Waals surface area contributed by atoms with E-state index in [1.165, 1.54) is 29.1 Å². The van der Waals surface area contributed by atoms with Crippen molar-refractivity contribution in [1.82, 2.24) is 5.43 Å². The van der Waals surface area contributed by atoms with Crippen molar-refractivity contribution in [2.75, 3.05) is 0 Å². The predicted molar refractivity (Wildman–Crippen MR) is 75.1 cm³/mol. The molecule has 19 heavy (non-hydrogen) atoms. The molecule has 1 heterocycles. The molecule has 1 N–H and O–H groups in total. The lowest BCUT2D eigenvalue weighted by Gasteiger charge is -2.01. The highest BCUT2D eigenvalue weighted by molar-refractivity contribution is 7.14. The average molecular weight is 276 g/mol. The maximum absolute atomic E-state index is 12.7. The van der Waals surface area contributed by atoms with Crippen LogP contribution in [0.5, 0.6) is 0 Å². The molecule has 1 amide bonds. The van der Waals surface area contributed by atoms with Crippen molar-refractivity contribution in [2.45, 2.75) is 13.8 Å². The van der Waals surface area contributed by atoms with Crippen LogP contribution in [0.15, 0.2) is 41.5 Å². The average Bonchev–Trinajstić information content (AvgIpc) is 2.83. The summed E-state index contributed by atoms with van der Waals surface area (Å²) in [5.74, 6) is -0.724. The first-order valence-electron chi connectivity index (χ1n) is 5.73. The molecule has 0 spiro atoms. The van der Waals surface area contributed by atoms with E-state index in [2.05, 4.69) is 10.5 Å². The van der Waals surface area contributed by atoms with Gasteiger partial charge < -0.3 is 0 Å². The van der Waals surface area contributed by atoms with Crippen LogP contribution < -0.4 is 5.43 Å². The summed E-state index contributed by atoms with van der Waals surface area (Å²) < 4.78 is 12.7. The molecule has 0 fully saturated rings. The maximum atomic E-state index is 12.7. The molecule has 0 radical (unpaired) electrons. The van der Waals surface area contributed by atoms with Crippen molar-refractivity contribution in [2.24, 2.45) is 5.10 Å². The fraction of sp³-hybridized carbons (Fsp3) is 0.143. The van der Waals surface area contributed by atoms with Crippen LogP contribution in [0.2, 0.25) is 0 Å². The summed E-state index contributed by atoms with van der Waals surface area (Å²) in [6.07, 6.45) is 0. The molecule has 0 atom stereocenters. The number of aryl methyl sites for hydroxylation is 1. The van der Waals surface area contributed by atoms with Gasteiger partial charge in [-0.1, -0.05) is 0 Å². The van der Waals surface area contributed by atoms with E-state index in [1.807, 2.05) is 26.0 Å². The zero-order valence-corrected chi connectivity index (χ0v) is 11.4. The van der Waals surface area contributed by atoms with Gasteiger partial charge in [0, 0.05) is 10.4 Å². The van der Waals surface area contributed by atoms with Crippen LogP contribution >= 0.6 is 11.3 Å². The van der Waals surface area contributed by atoms with Gasteiger partial charge in [-0.05, 0) is 50.2 Å². The molecule has 0 unspecified atom stereocenters. The maximum Gasteiger partial charge on any atom is 0.271 e. The van der Waals surface area contributed by atoms with Crippen molar-refractivity contribution in [3.05, 3.63) is 57.5 Å².